The predicted molar refractivity (Wildman–Crippen MR) is 83.4 cm³/mol. The molecule has 0 saturated carbocycles. The van der Waals surface area contributed by atoms with Gasteiger partial charge in [-0.1, -0.05) is 13.0 Å². The molecule has 1 aliphatic rings. The number of rotatable bonds is 7. The van der Waals surface area contributed by atoms with Crippen LogP contribution in [0.2, 0.25) is 0 Å². The van der Waals surface area contributed by atoms with Crippen molar-refractivity contribution < 1.29 is 19.6 Å². The Hall–Kier alpha value is -2.48. The van der Waals surface area contributed by atoms with Gasteiger partial charge in [0.25, 0.3) is 5.69 Å². The van der Waals surface area contributed by atoms with Crippen molar-refractivity contribution in [2.75, 3.05) is 24.5 Å². The molecular formula is C15H19N3O5. The standard InChI is InChI=1S/C15H19N3O5/c1-2-7-16(10-14(19)20)13-6-8-17(15(13)21)11-4-3-5-12(9-11)18(22)23/h3-5,9,13H,2,6-8,10H2,1H3,(H,19,20). The Bertz CT molecular complexity index is 619. The first kappa shape index (κ1) is 16.9. The number of amides is 1. The lowest BCUT2D eigenvalue weighted by atomic mass is 10.2. The Morgan fingerprint density at radius 3 is 2.87 bits per heavy atom. The van der Waals surface area contributed by atoms with E-state index in [2.05, 4.69) is 0 Å². The fourth-order valence-electron chi connectivity index (χ4n) is 2.84. The summed E-state index contributed by atoms with van der Waals surface area (Å²) in [5, 5.41) is 19.9. The van der Waals surface area contributed by atoms with Gasteiger partial charge in [0, 0.05) is 18.7 Å². The van der Waals surface area contributed by atoms with Crippen molar-refractivity contribution in [1.29, 1.82) is 0 Å². The Morgan fingerprint density at radius 1 is 1.52 bits per heavy atom. The van der Waals surface area contributed by atoms with Crippen LogP contribution in [0, 0.1) is 10.1 Å². The minimum Gasteiger partial charge on any atom is -0.480 e. The molecule has 2 rings (SSSR count). The first-order valence-electron chi connectivity index (χ1n) is 7.45. The third-order valence-electron chi connectivity index (χ3n) is 3.82. The number of non-ortho nitro benzene ring substituents is 1. The van der Waals surface area contributed by atoms with E-state index in [1.54, 1.807) is 11.0 Å². The van der Waals surface area contributed by atoms with E-state index in [0.717, 1.165) is 6.42 Å². The number of benzene rings is 1. The van der Waals surface area contributed by atoms with Gasteiger partial charge in [-0.05, 0) is 25.5 Å². The van der Waals surface area contributed by atoms with Gasteiger partial charge in [-0.3, -0.25) is 24.6 Å². The topological polar surface area (TPSA) is 104 Å². The van der Waals surface area contributed by atoms with Crippen LogP contribution in [0.5, 0.6) is 0 Å². The summed E-state index contributed by atoms with van der Waals surface area (Å²) < 4.78 is 0. The van der Waals surface area contributed by atoms with E-state index in [-0.39, 0.29) is 18.1 Å². The van der Waals surface area contributed by atoms with Gasteiger partial charge in [0.2, 0.25) is 5.91 Å². The van der Waals surface area contributed by atoms with Gasteiger partial charge in [0.15, 0.2) is 0 Å². The van der Waals surface area contributed by atoms with E-state index in [0.29, 0.717) is 25.2 Å². The van der Waals surface area contributed by atoms with Crippen LogP contribution in [0.15, 0.2) is 24.3 Å². The highest BCUT2D eigenvalue weighted by Gasteiger charge is 2.37. The zero-order valence-electron chi connectivity index (χ0n) is 12.8. The van der Waals surface area contributed by atoms with Crippen molar-refractivity contribution in [1.82, 2.24) is 4.90 Å². The molecule has 1 unspecified atom stereocenters. The lowest BCUT2D eigenvalue weighted by Crippen LogP contribution is -2.44. The van der Waals surface area contributed by atoms with Gasteiger partial charge in [-0.25, -0.2) is 0 Å². The van der Waals surface area contributed by atoms with E-state index in [4.69, 9.17) is 5.11 Å². The number of carboxylic acid groups (broad SMARTS) is 1. The van der Waals surface area contributed by atoms with Crippen LogP contribution < -0.4 is 4.90 Å². The number of nitro benzene ring substituents is 1. The molecule has 1 amide bonds. The Morgan fingerprint density at radius 2 is 2.26 bits per heavy atom. The summed E-state index contributed by atoms with van der Waals surface area (Å²) in [6.07, 6.45) is 1.25. The highest BCUT2D eigenvalue weighted by molar-refractivity contribution is 5.99. The molecule has 124 valence electrons. The van der Waals surface area contributed by atoms with Gasteiger partial charge in [0.1, 0.15) is 0 Å². The smallest absolute Gasteiger partial charge is 0.317 e. The van der Waals surface area contributed by atoms with Gasteiger partial charge in [-0.15, -0.1) is 0 Å². The van der Waals surface area contributed by atoms with Crippen LogP contribution in [0.1, 0.15) is 19.8 Å². The summed E-state index contributed by atoms with van der Waals surface area (Å²) >= 11 is 0. The fourth-order valence-corrected chi connectivity index (χ4v) is 2.84. The SMILES string of the molecule is CCCN(CC(=O)O)C1CCN(c2cccc([N+](=O)[O-])c2)C1=O. The Labute approximate surface area is 133 Å². The van der Waals surface area contributed by atoms with Crippen molar-refractivity contribution >= 4 is 23.3 Å². The fraction of sp³-hybridized carbons (Fsp3) is 0.467. The van der Waals surface area contributed by atoms with E-state index in [1.165, 1.54) is 23.1 Å². The molecule has 0 aliphatic carbocycles. The third kappa shape index (κ3) is 3.84. The summed E-state index contributed by atoms with van der Waals surface area (Å²) in [5.74, 6) is -1.18. The molecule has 0 aromatic heterocycles. The van der Waals surface area contributed by atoms with E-state index >= 15 is 0 Å². The first-order valence-corrected chi connectivity index (χ1v) is 7.45. The third-order valence-corrected chi connectivity index (χ3v) is 3.82. The van der Waals surface area contributed by atoms with Crippen molar-refractivity contribution in [3.8, 4) is 0 Å². The molecule has 0 radical (unpaired) electrons. The molecule has 1 N–H and O–H groups in total. The molecule has 8 heteroatoms. The van der Waals surface area contributed by atoms with Crippen molar-refractivity contribution in [3.05, 3.63) is 34.4 Å². The van der Waals surface area contributed by atoms with Crippen LogP contribution in [-0.4, -0.2) is 52.5 Å². The largest absolute Gasteiger partial charge is 0.480 e. The number of nitrogens with zero attached hydrogens (tertiary/aromatic N) is 3. The maximum Gasteiger partial charge on any atom is 0.317 e. The molecular weight excluding hydrogens is 302 g/mol. The number of carbonyl (C=O) groups is 2. The van der Waals surface area contributed by atoms with E-state index in [9.17, 15) is 19.7 Å². The van der Waals surface area contributed by atoms with Gasteiger partial charge < -0.3 is 10.0 Å². The molecule has 1 saturated heterocycles. The normalized spacial score (nSPS) is 17.7. The number of carbonyl (C=O) groups excluding carboxylic acids is 1. The van der Waals surface area contributed by atoms with Crippen LogP contribution in [0.25, 0.3) is 0 Å². The minimum atomic E-state index is -0.972. The molecule has 1 fully saturated rings. The number of aliphatic carboxylic acids is 1. The quantitative estimate of drug-likeness (QED) is 0.603. The van der Waals surface area contributed by atoms with E-state index in [1.807, 2.05) is 6.92 Å². The number of carboxylic acids is 1. The molecule has 8 nitrogen and oxygen atoms in total. The van der Waals surface area contributed by atoms with Gasteiger partial charge in [-0.2, -0.15) is 0 Å². The lowest BCUT2D eigenvalue weighted by molar-refractivity contribution is -0.384. The second kappa shape index (κ2) is 7.19. The highest BCUT2D eigenvalue weighted by atomic mass is 16.6. The molecule has 1 atom stereocenters. The molecule has 1 aliphatic heterocycles. The van der Waals surface area contributed by atoms with E-state index < -0.39 is 16.9 Å². The number of hydrogen-bond donors (Lipinski definition) is 1. The molecule has 0 bridgehead atoms. The van der Waals surface area contributed by atoms with Gasteiger partial charge in [0.05, 0.1) is 23.2 Å². The average Bonchev–Trinajstić information content (AvgIpc) is 2.88. The summed E-state index contributed by atoms with van der Waals surface area (Å²) in [5.41, 5.74) is 0.396. The first-order chi connectivity index (χ1) is 10.9. The highest BCUT2D eigenvalue weighted by Crippen LogP contribution is 2.27. The lowest BCUT2D eigenvalue weighted by Gasteiger charge is -2.25. The average molecular weight is 321 g/mol. The second-order valence-electron chi connectivity index (χ2n) is 5.44. The summed E-state index contributed by atoms with van der Waals surface area (Å²) in [6, 6.07) is 5.42. The molecule has 1 aromatic rings. The van der Waals surface area contributed by atoms with Crippen LogP contribution in [0.4, 0.5) is 11.4 Å². The van der Waals surface area contributed by atoms with Crippen molar-refractivity contribution in [2.24, 2.45) is 0 Å². The number of anilines is 1. The molecule has 0 spiro atoms. The summed E-state index contributed by atoms with van der Waals surface area (Å²) in [7, 11) is 0. The van der Waals surface area contributed by atoms with Gasteiger partial charge >= 0.3 is 5.97 Å². The zero-order valence-corrected chi connectivity index (χ0v) is 12.8. The molecule has 1 heterocycles. The second-order valence-corrected chi connectivity index (χ2v) is 5.44. The number of hydrogen-bond acceptors (Lipinski definition) is 5. The zero-order chi connectivity index (χ0) is 17.0. The maximum absolute atomic E-state index is 12.6. The molecule has 1 aromatic carbocycles. The minimum absolute atomic E-state index is 0.0744. The van der Waals surface area contributed by atoms with Crippen LogP contribution >= 0.6 is 0 Å². The summed E-state index contributed by atoms with van der Waals surface area (Å²) in [6.45, 7) is 2.68. The number of nitro groups is 1. The van der Waals surface area contributed by atoms with Crippen LogP contribution in [-0.2, 0) is 9.59 Å². The Kier molecular flexibility index (Phi) is 5.28. The Balaban J connectivity index is 2.18. The van der Waals surface area contributed by atoms with Crippen molar-refractivity contribution in [2.45, 2.75) is 25.8 Å². The van der Waals surface area contributed by atoms with Crippen LogP contribution in [0.3, 0.4) is 0 Å². The van der Waals surface area contributed by atoms with Crippen molar-refractivity contribution in [3.63, 3.8) is 0 Å². The summed E-state index contributed by atoms with van der Waals surface area (Å²) in [4.78, 5) is 37.1. The monoisotopic (exact) mass is 321 g/mol. The predicted octanol–water partition coefficient (Wildman–Crippen LogP) is 1.50. The maximum atomic E-state index is 12.6. The molecule has 23 heavy (non-hydrogen) atoms.